The molecule has 2 rings (SSSR count). The van der Waals surface area contributed by atoms with Crippen LogP contribution in [-0.2, 0) is 16.0 Å². The fourth-order valence-electron chi connectivity index (χ4n) is 2.39. The zero-order valence-corrected chi connectivity index (χ0v) is 15.8. The molecule has 0 aliphatic rings. The normalized spacial score (nSPS) is 9.92. The Balaban J connectivity index is 1.62. The molecule has 0 bridgehead atoms. The number of nitrogens with one attached hydrogen (secondary N) is 1. The van der Waals surface area contributed by atoms with Crippen LogP contribution in [0.5, 0.6) is 0 Å². The van der Waals surface area contributed by atoms with Crippen molar-refractivity contribution in [3.8, 4) is 11.8 Å². The van der Waals surface area contributed by atoms with E-state index in [-0.39, 0.29) is 5.97 Å². The molecule has 136 valence electrons. The minimum atomic E-state index is -0.187. The Bertz CT molecular complexity index is 742. The van der Waals surface area contributed by atoms with Gasteiger partial charge in [-0.2, -0.15) is 0 Å². The Morgan fingerprint density at radius 3 is 2.50 bits per heavy atom. The SMILES string of the molecule is CCOC(=O)Cc1ccc(NCCCCC#Cc2ccc(Cl)cc2)cc1. The molecule has 0 heterocycles. The molecular weight excluding hydrogens is 346 g/mol. The predicted octanol–water partition coefficient (Wildman–Crippen LogP) is 5.08. The van der Waals surface area contributed by atoms with Crippen molar-refractivity contribution in [1.29, 1.82) is 0 Å². The van der Waals surface area contributed by atoms with E-state index in [0.29, 0.717) is 13.0 Å². The number of carbonyl (C=O) groups is 1. The maximum Gasteiger partial charge on any atom is 0.310 e. The molecule has 0 atom stereocenters. The van der Waals surface area contributed by atoms with Gasteiger partial charge in [-0.1, -0.05) is 35.6 Å². The smallest absolute Gasteiger partial charge is 0.310 e. The Kier molecular flexibility index (Phi) is 8.59. The van der Waals surface area contributed by atoms with Crippen molar-refractivity contribution < 1.29 is 9.53 Å². The number of hydrogen-bond acceptors (Lipinski definition) is 3. The van der Waals surface area contributed by atoms with Crippen molar-refractivity contribution in [3.63, 3.8) is 0 Å². The number of halogens is 1. The second-order valence-corrected chi connectivity index (χ2v) is 6.31. The molecule has 0 unspecified atom stereocenters. The molecule has 3 nitrogen and oxygen atoms in total. The first-order valence-electron chi connectivity index (χ1n) is 8.90. The van der Waals surface area contributed by atoms with E-state index >= 15 is 0 Å². The Hall–Kier alpha value is -2.44. The van der Waals surface area contributed by atoms with Gasteiger partial charge in [0.25, 0.3) is 0 Å². The lowest BCUT2D eigenvalue weighted by Gasteiger charge is -2.07. The number of carbonyl (C=O) groups excluding carboxylic acids is 1. The Morgan fingerprint density at radius 2 is 1.81 bits per heavy atom. The van der Waals surface area contributed by atoms with Gasteiger partial charge in [-0.05, 0) is 61.7 Å². The van der Waals surface area contributed by atoms with Crippen LogP contribution < -0.4 is 5.32 Å². The monoisotopic (exact) mass is 369 g/mol. The van der Waals surface area contributed by atoms with Crippen LogP contribution in [0.15, 0.2) is 48.5 Å². The number of rotatable bonds is 8. The fraction of sp³-hybridized carbons (Fsp3) is 0.318. The zero-order chi connectivity index (χ0) is 18.6. The first kappa shape index (κ1) is 19.9. The molecule has 0 saturated carbocycles. The summed E-state index contributed by atoms with van der Waals surface area (Å²) < 4.78 is 4.95. The summed E-state index contributed by atoms with van der Waals surface area (Å²) in [6.07, 6.45) is 3.30. The highest BCUT2D eigenvalue weighted by Crippen LogP contribution is 2.11. The summed E-state index contributed by atoms with van der Waals surface area (Å²) in [5.74, 6) is 6.15. The number of esters is 1. The summed E-state index contributed by atoms with van der Waals surface area (Å²) in [7, 11) is 0. The van der Waals surface area contributed by atoms with E-state index in [1.807, 2.05) is 55.5 Å². The van der Waals surface area contributed by atoms with Crippen molar-refractivity contribution in [2.24, 2.45) is 0 Å². The summed E-state index contributed by atoms with van der Waals surface area (Å²) >= 11 is 5.85. The second kappa shape index (κ2) is 11.2. The van der Waals surface area contributed by atoms with Gasteiger partial charge in [-0.25, -0.2) is 0 Å². The summed E-state index contributed by atoms with van der Waals surface area (Å²) in [6, 6.07) is 15.5. The molecular formula is C22H24ClNO2. The van der Waals surface area contributed by atoms with Gasteiger partial charge in [0.05, 0.1) is 13.0 Å². The van der Waals surface area contributed by atoms with Crippen molar-refractivity contribution >= 4 is 23.3 Å². The molecule has 4 heteroatoms. The summed E-state index contributed by atoms with van der Waals surface area (Å²) in [5.41, 5.74) is 3.02. The van der Waals surface area contributed by atoms with Gasteiger partial charge in [-0.3, -0.25) is 4.79 Å². The molecule has 2 aromatic rings. The van der Waals surface area contributed by atoms with Crippen LogP contribution in [0.1, 0.15) is 37.3 Å². The van der Waals surface area contributed by atoms with E-state index in [4.69, 9.17) is 16.3 Å². The molecule has 0 saturated heterocycles. The fourth-order valence-corrected chi connectivity index (χ4v) is 2.51. The van der Waals surface area contributed by atoms with Crippen LogP contribution >= 0.6 is 11.6 Å². The molecule has 2 aromatic carbocycles. The Labute approximate surface area is 160 Å². The first-order valence-corrected chi connectivity index (χ1v) is 9.28. The molecule has 0 aliphatic heterocycles. The molecule has 0 spiro atoms. The third kappa shape index (κ3) is 7.63. The van der Waals surface area contributed by atoms with E-state index in [2.05, 4.69) is 17.2 Å². The van der Waals surface area contributed by atoms with Crippen LogP contribution in [-0.4, -0.2) is 19.1 Å². The van der Waals surface area contributed by atoms with Crippen molar-refractivity contribution in [3.05, 3.63) is 64.7 Å². The van der Waals surface area contributed by atoms with E-state index in [9.17, 15) is 4.79 Å². The lowest BCUT2D eigenvalue weighted by Crippen LogP contribution is -2.07. The summed E-state index contributed by atoms with van der Waals surface area (Å²) in [5, 5.41) is 4.12. The van der Waals surface area contributed by atoms with Crippen molar-refractivity contribution in [1.82, 2.24) is 0 Å². The molecule has 0 radical (unpaired) electrons. The van der Waals surface area contributed by atoms with Gasteiger partial charge in [0.15, 0.2) is 0 Å². The lowest BCUT2D eigenvalue weighted by atomic mass is 10.1. The third-order valence-electron chi connectivity index (χ3n) is 3.74. The van der Waals surface area contributed by atoms with Crippen LogP contribution in [0.2, 0.25) is 5.02 Å². The van der Waals surface area contributed by atoms with Gasteiger partial charge < -0.3 is 10.1 Å². The number of anilines is 1. The summed E-state index contributed by atoms with van der Waals surface area (Å²) in [4.78, 5) is 11.4. The minimum Gasteiger partial charge on any atom is -0.466 e. The van der Waals surface area contributed by atoms with Gasteiger partial charge in [0.2, 0.25) is 0 Å². The van der Waals surface area contributed by atoms with Crippen molar-refractivity contribution in [2.75, 3.05) is 18.5 Å². The van der Waals surface area contributed by atoms with Gasteiger partial charge in [0, 0.05) is 29.2 Å². The quantitative estimate of drug-likeness (QED) is 0.400. The maximum absolute atomic E-state index is 11.4. The maximum atomic E-state index is 11.4. The molecule has 0 fully saturated rings. The number of ether oxygens (including phenoxy) is 1. The van der Waals surface area contributed by atoms with Gasteiger partial charge in [0.1, 0.15) is 0 Å². The zero-order valence-electron chi connectivity index (χ0n) is 15.1. The molecule has 0 aromatic heterocycles. The second-order valence-electron chi connectivity index (χ2n) is 5.87. The standard InChI is InChI=1S/C22H24ClNO2/c1-2-26-22(25)17-19-10-14-21(15-11-19)24-16-6-4-3-5-7-18-8-12-20(23)13-9-18/h8-15,24H,2-4,6,16-17H2,1H3. The number of benzene rings is 2. The Morgan fingerprint density at radius 1 is 1.08 bits per heavy atom. The average molecular weight is 370 g/mol. The van der Waals surface area contributed by atoms with E-state index in [1.54, 1.807) is 0 Å². The summed E-state index contributed by atoms with van der Waals surface area (Å²) in [6.45, 7) is 3.14. The van der Waals surface area contributed by atoms with Gasteiger partial charge in [-0.15, -0.1) is 0 Å². The first-order chi connectivity index (χ1) is 12.7. The number of hydrogen-bond donors (Lipinski definition) is 1. The average Bonchev–Trinajstić information content (AvgIpc) is 2.64. The van der Waals surface area contributed by atoms with E-state index in [1.165, 1.54) is 0 Å². The van der Waals surface area contributed by atoms with Crippen LogP contribution in [0, 0.1) is 11.8 Å². The minimum absolute atomic E-state index is 0.187. The molecule has 26 heavy (non-hydrogen) atoms. The van der Waals surface area contributed by atoms with E-state index in [0.717, 1.165) is 47.6 Å². The largest absolute Gasteiger partial charge is 0.466 e. The van der Waals surface area contributed by atoms with Crippen molar-refractivity contribution in [2.45, 2.75) is 32.6 Å². The van der Waals surface area contributed by atoms with Crippen LogP contribution in [0.3, 0.4) is 0 Å². The van der Waals surface area contributed by atoms with E-state index < -0.39 is 0 Å². The van der Waals surface area contributed by atoms with Gasteiger partial charge >= 0.3 is 5.97 Å². The molecule has 1 N–H and O–H groups in total. The molecule has 0 amide bonds. The lowest BCUT2D eigenvalue weighted by molar-refractivity contribution is -0.142. The van der Waals surface area contributed by atoms with Crippen LogP contribution in [0.4, 0.5) is 5.69 Å². The number of unbranched alkanes of at least 4 members (excludes halogenated alkanes) is 2. The third-order valence-corrected chi connectivity index (χ3v) is 3.99. The predicted molar refractivity (Wildman–Crippen MR) is 107 cm³/mol. The molecule has 0 aliphatic carbocycles. The highest BCUT2D eigenvalue weighted by atomic mass is 35.5. The highest BCUT2D eigenvalue weighted by Gasteiger charge is 2.03. The highest BCUT2D eigenvalue weighted by molar-refractivity contribution is 6.30. The van der Waals surface area contributed by atoms with Crippen LogP contribution in [0.25, 0.3) is 0 Å². The topological polar surface area (TPSA) is 38.3 Å².